The summed E-state index contributed by atoms with van der Waals surface area (Å²) in [5.74, 6) is 1.42. The Morgan fingerprint density at radius 1 is 1.13 bits per heavy atom. The summed E-state index contributed by atoms with van der Waals surface area (Å²) in [5.41, 5.74) is 4.31. The molecule has 0 spiro atoms. The van der Waals surface area contributed by atoms with Gasteiger partial charge in [0, 0.05) is 30.1 Å². The zero-order chi connectivity index (χ0) is 21.5. The van der Waals surface area contributed by atoms with Gasteiger partial charge in [0.25, 0.3) is 0 Å². The van der Waals surface area contributed by atoms with Crippen LogP contribution >= 0.6 is 11.3 Å². The largest absolute Gasteiger partial charge is 0.479 e. The van der Waals surface area contributed by atoms with Gasteiger partial charge >= 0.3 is 0 Å². The summed E-state index contributed by atoms with van der Waals surface area (Å²) < 4.78 is 9.25. The molecular formula is C21H25N7OS. The van der Waals surface area contributed by atoms with Crippen LogP contribution < -0.4 is 10.1 Å². The van der Waals surface area contributed by atoms with E-state index in [9.17, 15) is 0 Å². The Labute approximate surface area is 179 Å². The molecule has 0 saturated carbocycles. The fourth-order valence-corrected chi connectivity index (χ4v) is 3.70. The molecule has 4 rings (SSSR count). The number of pyridine rings is 1. The highest BCUT2D eigenvalue weighted by Crippen LogP contribution is 2.31. The first-order valence-electron chi connectivity index (χ1n) is 9.58. The number of aromatic nitrogens is 6. The summed E-state index contributed by atoms with van der Waals surface area (Å²) in [6.07, 6.45) is 3.68. The minimum atomic E-state index is -0.0122. The van der Waals surface area contributed by atoms with Crippen molar-refractivity contribution in [2.24, 2.45) is 7.05 Å². The summed E-state index contributed by atoms with van der Waals surface area (Å²) in [4.78, 5) is 13.6. The van der Waals surface area contributed by atoms with Gasteiger partial charge in [-0.2, -0.15) is 5.10 Å². The summed E-state index contributed by atoms with van der Waals surface area (Å²) in [5, 5.41) is 10.7. The maximum Gasteiger partial charge on any atom is 0.238 e. The van der Waals surface area contributed by atoms with E-state index in [1.807, 2.05) is 46.9 Å². The van der Waals surface area contributed by atoms with Crippen molar-refractivity contribution in [2.45, 2.75) is 33.1 Å². The van der Waals surface area contributed by atoms with Crippen molar-refractivity contribution in [1.29, 1.82) is 0 Å². The summed E-state index contributed by atoms with van der Waals surface area (Å²) >= 11 is 1.52. The van der Waals surface area contributed by atoms with E-state index in [0.29, 0.717) is 5.88 Å². The van der Waals surface area contributed by atoms with E-state index in [-0.39, 0.29) is 5.41 Å². The average molecular weight is 424 g/mol. The number of rotatable bonds is 5. The molecule has 0 amide bonds. The molecule has 0 atom stereocenters. The number of ether oxygens (including phenoxy) is 1. The molecule has 4 heterocycles. The van der Waals surface area contributed by atoms with Gasteiger partial charge in [0.1, 0.15) is 17.2 Å². The number of imidazole rings is 1. The van der Waals surface area contributed by atoms with Gasteiger partial charge in [0.2, 0.25) is 5.88 Å². The molecule has 0 radical (unpaired) electrons. The molecule has 0 aliphatic heterocycles. The van der Waals surface area contributed by atoms with Crippen molar-refractivity contribution >= 4 is 22.3 Å². The van der Waals surface area contributed by atoms with Gasteiger partial charge in [-0.25, -0.2) is 15.0 Å². The highest BCUT2D eigenvalue weighted by molar-refractivity contribution is 7.14. The summed E-state index contributed by atoms with van der Waals surface area (Å²) in [6, 6.07) is 5.96. The van der Waals surface area contributed by atoms with Gasteiger partial charge in [0.15, 0.2) is 5.13 Å². The molecule has 30 heavy (non-hydrogen) atoms. The SMILES string of the molecule is COc1nc(-c2csc(Nc3cc(C(C)(C)C)nn3C)n2)ccc1-n1cnc(C)c1. The van der Waals surface area contributed by atoms with E-state index in [1.165, 1.54) is 11.3 Å². The molecule has 4 aromatic rings. The Hall–Kier alpha value is -3.20. The average Bonchev–Trinajstić information content (AvgIpc) is 3.42. The van der Waals surface area contributed by atoms with Crippen LogP contribution in [0.1, 0.15) is 32.2 Å². The summed E-state index contributed by atoms with van der Waals surface area (Å²) in [6.45, 7) is 8.39. The number of anilines is 2. The fraction of sp³-hybridized carbons (Fsp3) is 0.333. The molecule has 4 aromatic heterocycles. The van der Waals surface area contributed by atoms with Gasteiger partial charge in [-0.15, -0.1) is 11.3 Å². The molecule has 8 nitrogen and oxygen atoms in total. The Balaban J connectivity index is 1.59. The Kier molecular flexibility index (Phi) is 5.07. The number of hydrogen-bond acceptors (Lipinski definition) is 7. The minimum absolute atomic E-state index is 0.0122. The van der Waals surface area contributed by atoms with E-state index < -0.39 is 0 Å². The van der Waals surface area contributed by atoms with Crippen molar-refractivity contribution in [1.82, 2.24) is 29.3 Å². The molecule has 9 heteroatoms. The number of thiazole rings is 1. The smallest absolute Gasteiger partial charge is 0.238 e. The van der Waals surface area contributed by atoms with E-state index in [1.54, 1.807) is 13.4 Å². The maximum absolute atomic E-state index is 5.51. The quantitative estimate of drug-likeness (QED) is 0.509. The molecule has 0 fully saturated rings. The van der Waals surface area contributed by atoms with Gasteiger partial charge in [-0.1, -0.05) is 20.8 Å². The van der Waals surface area contributed by atoms with Gasteiger partial charge < -0.3 is 14.6 Å². The van der Waals surface area contributed by atoms with Gasteiger partial charge in [0.05, 0.1) is 30.5 Å². The van der Waals surface area contributed by atoms with Crippen LogP contribution in [0.25, 0.3) is 17.1 Å². The molecule has 0 unspecified atom stereocenters. The predicted molar refractivity (Wildman–Crippen MR) is 119 cm³/mol. The highest BCUT2D eigenvalue weighted by atomic mass is 32.1. The Bertz CT molecular complexity index is 1180. The lowest BCUT2D eigenvalue weighted by atomic mass is 9.92. The third-order valence-corrected chi connectivity index (χ3v) is 5.43. The number of aryl methyl sites for hydroxylation is 2. The van der Waals surface area contributed by atoms with E-state index in [4.69, 9.17) is 9.72 Å². The van der Waals surface area contributed by atoms with Crippen molar-refractivity contribution in [3.63, 3.8) is 0 Å². The minimum Gasteiger partial charge on any atom is -0.479 e. The third kappa shape index (κ3) is 3.93. The number of nitrogens with one attached hydrogen (secondary N) is 1. The monoisotopic (exact) mass is 423 g/mol. The Morgan fingerprint density at radius 2 is 1.93 bits per heavy atom. The maximum atomic E-state index is 5.51. The van der Waals surface area contributed by atoms with E-state index >= 15 is 0 Å². The van der Waals surface area contributed by atoms with Gasteiger partial charge in [-0.3, -0.25) is 4.68 Å². The van der Waals surface area contributed by atoms with Crippen LogP contribution in [0, 0.1) is 6.92 Å². The second-order valence-corrected chi connectivity index (χ2v) is 8.96. The zero-order valence-electron chi connectivity index (χ0n) is 18.0. The molecule has 1 N–H and O–H groups in total. The van der Waals surface area contributed by atoms with E-state index in [2.05, 4.69) is 47.2 Å². The lowest BCUT2D eigenvalue weighted by Crippen LogP contribution is -2.12. The van der Waals surface area contributed by atoms with Crippen LogP contribution in [0.2, 0.25) is 0 Å². The number of hydrogen-bond donors (Lipinski definition) is 1. The lowest BCUT2D eigenvalue weighted by molar-refractivity contribution is 0.396. The van der Waals surface area contributed by atoms with Crippen molar-refractivity contribution in [3.05, 3.63) is 47.5 Å². The molecule has 0 bridgehead atoms. The van der Waals surface area contributed by atoms with Crippen LogP contribution in [0.5, 0.6) is 5.88 Å². The molecule has 156 valence electrons. The molecule has 0 saturated heterocycles. The molecular weight excluding hydrogens is 398 g/mol. The first-order chi connectivity index (χ1) is 14.2. The highest BCUT2D eigenvalue weighted by Gasteiger charge is 2.19. The first-order valence-corrected chi connectivity index (χ1v) is 10.5. The van der Waals surface area contributed by atoms with Crippen LogP contribution in [0.15, 0.2) is 36.1 Å². The lowest BCUT2D eigenvalue weighted by Gasteiger charge is -2.13. The van der Waals surface area contributed by atoms with Crippen LogP contribution in [-0.2, 0) is 12.5 Å². The van der Waals surface area contributed by atoms with E-state index in [0.717, 1.165) is 39.4 Å². The standard InChI is InChI=1S/C21H25N7OS/c1-13-10-28(12-22-13)16-8-7-14(23-19(16)29-6)15-11-30-20(24-15)25-18-9-17(21(2,3)4)26-27(18)5/h7-12H,1-6H3,(H,24,25). The zero-order valence-corrected chi connectivity index (χ0v) is 18.8. The molecule has 0 aliphatic carbocycles. The van der Waals surface area contributed by atoms with Gasteiger partial charge in [-0.05, 0) is 19.1 Å². The Morgan fingerprint density at radius 3 is 2.57 bits per heavy atom. The van der Waals surface area contributed by atoms with Crippen LogP contribution in [0.3, 0.4) is 0 Å². The molecule has 0 aliphatic rings. The third-order valence-electron chi connectivity index (χ3n) is 4.67. The predicted octanol–water partition coefficient (Wildman–Crippen LogP) is 4.48. The first kappa shape index (κ1) is 20.1. The second-order valence-electron chi connectivity index (χ2n) is 8.10. The van der Waals surface area contributed by atoms with Crippen molar-refractivity contribution in [3.8, 4) is 23.0 Å². The van der Waals surface area contributed by atoms with Crippen LogP contribution in [-0.4, -0.2) is 36.4 Å². The van der Waals surface area contributed by atoms with Crippen molar-refractivity contribution in [2.75, 3.05) is 12.4 Å². The normalized spacial score (nSPS) is 11.7. The fourth-order valence-electron chi connectivity index (χ4n) is 2.98. The topological polar surface area (TPSA) is 82.7 Å². The number of nitrogens with zero attached hydrogens (tertiary/aromatic N) is 6. The number of methoxy groups -OCH3 is 1. The molecule has 0 aromatic carbocycles. The van der Waals surface area contributed by atoms with Crippen molar-refractivity contribution < 1.29 is 4.74 Å². The summed E-state index contributed by atoms with van der Waals surface area (Å²) in [7, 11) is 3.54. The van der Waals surface area contributed by atoms with Crippen LogP contribution in [0.4, 0.5) is 10.9 Å². The second kappa shape index (κ2) is 7.56.